The summed E-state index contributed by atoms with van der Waals surface area (Å²) in [6.45, 7) is 5.64. The van der Waals surface area contributed by atoms with E-state index in [4.69, 9.17) is 9.26 Å². The van der Waals surface area contributed by atoms with Gasteiger partial charge in [-0.05, 0) is 11.0 Å². The molecule has 1 atom stereocenters. The number of hydrogen-bond donors (Lipinski definition) is 0. The van der Waals surface area contributed by atoms with Gasteiger partial charge in [-0.1, -0.05) is 64.7 Å². The van der Waals surface area contributed by atoms with Crippen LogP contribution in [0, 0.1) is 0 Å². The molecular formula is C15H32O3P+. The smallest absolute Gasteiger partial charge is 0.379 e. The highest BCUT2D eigenvalue weighted by Gasteiger charge is 2.04. The Balaban J connectivity index is 2.93. The fourth-order valence-electron chi connectivity index (χ4n) is 2.02. The lowest BCUT2D eigenvalue weighted by atomic mass is 10.1. The molecule has 0 aromatic heterocycles. The first-order valence-electron chi connectivity index (χ1n) is 7.89. The van der Waals surface area contributed by atoms with E-state index in [1.807, 2.05) is 0 Å². The standard InChI is InChI=1S/C15H32O3P/c1-3-4-5-6-7-8-9-10-11-12-13-17-14-15-18-19(2)16/h3-15H2,1-2H3/q+1. The van der Waals surface area contributed by atoms with E-state index in [1.165, 1.54) is 57.8 Å². The zero-order chi connectivity index (χ0) is 14.2. The molecule has 0 bridgehead atoms. The zero-order valence-electron chi connectivity index (χ0n) is 12.9. The Morgan fingerprint density at radius 1 is 0.737 bits per heavy atom. The number of rotatable bonds is 15. The predicted octanol–water partition coefficient (Wildman–Crippen LogP) is 5.31. The van der Waals surface area contributed by atoms with Crippen molar-refractivity contribution in [2.45, 2.75) is 71.1 Å². The van der Waals surface area contributed by atoms with Crippen LogP contribution in [0.15, 0.2) is 0 Å². The molecule has 114 valence electrons. The van der Waals surface area contributed by atoms with E-state index in [9.17, 15) is 4.57 Å². The molecule has 0 radical (unpaired) electrons. The Hall–Kier alpha value is 0.0200. The molecule has 0 amide bonds. The fourth-order valence-corrected chi connectivity index (χ4v) is 2.35. The van der Waals surface area contributed by atoms with Crippen LogP contribution in [0.1, 0.15) is 71.1 Å². The summed E-state index contributed by atoms with van der Waals surface area (Å²) in [4.78, 5) is 0. The molecule has 0 aliphatic rings. The van der Waals surface area contributed by atoms with Crippen molar-refractivity contribution in [1.29, 1.82) is 0 Å². The highest BCUT2D eigenvalue weighted by molar-refractivity contribution is 7.38. The Morgan fingerprint density at radius 2 is 1.26 bits per heavy atom. The second-order valence-electron chi connectivity index (χ2n) is 5.07. The van der Waals surface area contributed by atoms with E-state index >= 15 is 0 Å². The SMILES string of the molecule is CCCCCCCCCCCCOCCO[P+](C)=O. The van der Waals surface area contributed by atoms with Gasteiger partial charge >= 0.3 is 8.03 Å². The van der Waals surface area contributed by atoms with E-state index < -0.39 is 8.03 Å². The number of hydrogen-bond acceptors (Lipinski definition) is 3. The molecule has 0 aliphatic carbocycles. The molecule has 0 spiro atoms. The van der Waals surface area contributed by atoms with Gasteiger partial charge in [0, 0.05) is 6.61 Å². The second kappa shape index (κ2) is 16.1. The third-order valence-electron chi connectivity index (χ3n) is 3.14. The predicted molar refractivity (Wildman–Crippen MR) is 82.1 cm³/mol. The van der Waals surface area contributed by atoms with Gasteiger partial charge in [0.1, 0.15) is 6.61 Å². The lowest BCUT2D eigenvalue weighted by molar-refractivity contribution is 0.0999. The fraction of sp³-hybridized carbons (Fsp3) is 1.00. The average Bonchev–Trinajstić information content (AvgIpc) is 2.39. The van der Waals surface area contributed by atoms with Gasteiger partial charge < -0.3 is 4.74 Å². The molecule has 3 nitrogen and oxygen atoms in total. The minimum Gasteiger partial charge on any atom is -0.379 e. The molecule has 0 heterocycles. The molecule has 0 aliphatic heterocycles. The highest BCUT2D eigenvalue weighted by atomic mass is 31.1. The van der Waals surface area contributed by atoms with Crippen molar-refractivity contribution >= 4 is 8.03 Å². The van der Waals surface area contributed by atoms with Crippen molar-refractivity contribution in [3.05, 3.63) is 0 Å². The van der Waals surface area contributed by atoms with Crippen molar-refractivity contribution < 1.29 is 13.8 Å². The summed E-state index contributed by atoms with van der Waals surface area (Å²) in [5, 5.41) is 0. The molecule has 0 N–H and O–H groups in total. The van der Waals surface area contributed by atoms with E-state index in [2.05, 4.69) is 6.92 Å². The maximum atomic E-state index is 10.6. The largest absolute Gasteiger partial charge is 0.504 e. The van der Waals surface area contributed by atoms with Gasteiger partial charge in [-0.25, -0.2) is 0 Å². The first kappa shape index (κ1) is 19.0. The van der Waals surface area contributed by atoms with Crippen LogP contribution in [0.5, 0.6) is 0 Å². The van der Waals surface area contributed by atoms with Gasteiger partial charge in [0.2, 0.25) is 0 Å². The van der Waals surface area contributed by atoms with Crippen LogP contribution in [0.2, 0.25) is 0 Å². The molecular weight excluding hydrogens is 259 g/mol. The van der Waals surface area contributed by atoms with Crippen LogP contribution in [-0.4, -0.2) is 26.5 Å². The van der Waals surface area contributed by atoms with Gasteiger partial charge in [0.25, 0.3) is 0 Å². The molecule has 0 aromatic rings. The summed E-state index contributed by atoms with van der Waals surface area (Å²) in [7, 11) is -1.47. The highest BCUT2D eigenvalue weighted by Crippen LogP contribution is 2.14. The van der Waals surface area contributed by atoms with Crippen LogP contribution in [-0.2, 0) is 13.8 Å². The quantitative estimate of drug-likeness (QED) is 0.303. The lowest BCUT2D eigenvalue weighted by Crippen LogP contribution is -2.02. The topological polar surface area (TPSA) is 35.5 Å². The molecule has 0 saturated carbocycles. The molecule has 19 heavy (non-hydrogen) atoms. The van der Waals surface area contributed by atoms with Crippen molar-refractivity contribution in [3.8, 4) is 0 Å². The van der Waals surface area contributed by atoms with E-state index in [0.29, 0.717) is 13.2 Å². The van der Waals surface area contributed by atoms with Crippen LogP contribution < -0.4 is 0 Å². The summed E-state index contributed by atoms with van der Waals surface area (Å²) < 4.78 is 21.0. The third kappa shape index (κ3) is 18.0. The lowest BCUT2D eigenvalue weighted by Gasteiger charge is -2.03. The summed E-state index contributed by atoms with van der Waals surface area (Å²) in [5.41, 5.74) is 0. The van der Waals surface area contributed by atoms with Gasteiger partial charge in [-0.15, -0.1) is 4.52 Å². The zero-order valence-corrected chi connectivity index (χ0v) is 13.8. The monoisotopic (exact) mass is 291 g/mol. The first-order chi connectivity index (χ1) is 9.27. The van der Waals surface area contributed by atoms with Crippen molar-refractivity contribution in [2.24, 2.45) is 0 Å². The normalized spacial score (nSPS) is 11.8. The first-order valence-corrected chi connectivity index (χ1v) is 9.51. The van der Waals surface area contributed by atoms with E-state index in [1.54, 1.807) is 6.66 Å². The van der Waals surface area contributed by atoms with Crippen molar-refractivity contribution in [2.75, 3.05) is 26.5 Å². The summed E-state index contributed by atoms with van der Waals surface area (Å²) in [6.07, 6.45) is 13.4. The average molecular weight is 291 g/mol. The molecule has 1 unspecified atom stereocenters. The van der Waals surface area contributed by atoms with Gasteiger partial charge in [0.05, 0.1) is 6.61 Å². The van der Waals surface area contributed by atoms with Crippen LogP contribution in [0.4, 0.5) is 0 Å². The van der Waals surface area contributed by atoms with Gasteiger partial charge in [-0.2, -0.15) is 0 Å². The maximum absolute atomic E-state index is 10.6. The van der Waals surface area contributed by atoms with Gasteiger partial charge in [-0.3, -0.25) is 0 Å². The Morgan fingerprint density at radius 3 is 1.79 bits per heavy atom. The Labute approximate surface area is 120 Å². The summed E-state index contributed by atoms with van der Waals surface area (Å²) in [5.74, 6) is 0. The maximum Gasteiger partial charge on any atom is 0.504 e. The van der Waals surface area contributed by atoms with Crippen LogP contribution >= 0.6 is 8.03 Å². The second-order valence-corrected chi connectivity index (χ2v) is 6.20. The minimum absolute atomic E-state index is 0.448. The third-order valence-corrected chi connectivity index (χ3v) is 3.69. The molecule has 0 saturated heterocycles. The molecule has 0 aromatic carbocycles. The van der Waals surface area contributed by atoms with Crippen molar-refractivity contribution in [3.63, 3.8) is 0 Å². The number of ether oxygens (including phenoxy) is 1. The molecule has 0 fully saturated rings. The Kier molecular flexibility index (Phi) is 16.1. The summed E-state index contributed by atoms with van der Waals surface area (Å²) >= 11 is 0. The molecule has 0 rings (SSSR count). The Bertz CT molecular complexity index is 198. The van der Waals surface area contributed by atoms with Crippen LogP contribution in [0.25, 0.3) is 0 Å². The van der Waals surface area contributed by atoms with E-state index in [0.717, 1.165) is 13.0 Å². The van der Waals surface area contributed by atoms with Crippen LogP contribution in [0.3, 0.4) is 0 Å². The van der Waals surface area contributed by atoms with E-state index in [-0.39, 0.29) is 0 Å². The minimum atomic E-state index is -1.47. The summed E-state index contributed by atoms with van der Waals surface area (Å²) in [6, 6.07) is 0. The van der Waals surface area contributed by atoms with Crippen molar-refractivity contribution in [1.82, 2.24) is 0 Å². The van der Waals surface area contributed by atoms with Gasteiger partial charge in [0.15, 0.2) is 6.66 Å². The molecule has 4 heteroatoms. The number of unbranched alkanes of at least 4 members (excludes halogenated alkanes) is 9.